The summed E-state index contributed by atoms with van der Waals surface area (Å²) in [7, 11) is 0. The maximum atomic E-state index is 13.1. The van der Waals surface area contributed by atoms with Crippen LogP contribution in [-0.4, -0.2) is 38.3 Å². The zero-order valence-electron chi connectivity index (χ0n) is 20.5. The van der Waals surface area contributed by atoms with Crippen LogP contribution in [0.2, 0.25) is 0 Å². The number of rotatable bonds is 12. The number of benzene rings is 3. The second-order valence-corrected chi connectivity index (χ2v) is 10.4. The first-order valence-corrected chi connectivity index (χ1v) is 13.7. The summed E-state index contributed by atoms with van der Waals surface area (Å²) >= 11 is 0.750. The smallest absolute Gasteiger partial charge is 0.416 e. The molecule has 0 heterocycles. The second kappa shape index (κ2) is 13.7. The van der Waals surface area contributed by atoms with E-state index in [1.807, 2.05) is 24.3 Å². The van der Waals surface area contributed by atoms with Crippen LogP contribution in [0.5, 0.6) is 0 Å². The minimum atomic E-state index is -4.57. The Kier molecular flexibility index (Phi) is 10.7. The Hall–Kier alpha value is -3.22. The third-order valence-corrected chi connectivity index (χ3v) is 7.27. The molecule has 0 fully saturated rings. The first-order chi connectivity index (χ1) is 18.5. The van der Waals surface area contributed by atoms with Crippen LogP contribution >= 0.6 is 15.9 Å². The molecule has 0 radical (unpaired) electrons. The third kappa shape index (κ3) is 8.64. The molecule has 7 nitrogen and oxygen atoms in total. The number of hydrogen-bond donors (Lipinski definition) is 3. The van der Waals surface area contributed by atoms with Gasteiger partial charge in [-0.05, 0) is 66.3 Å². The van der Waals surface area contributed by atoms with E-state index in [2.05, 4.69) is 21.2 Å². The molecule has 0 saturated carbocycles. The molecule has 0 spiro atoms. The van der Waals surface area contributed by atoms with E-state index in [-0.39, 0.29) is 30.6 Å². The fourth-order valence-electron chi connectivity index (χ4n) is 4.04. The van der Waals surface area contributed by atoms with E-state index in [1.165, 1.54) is 18.2 Å². The molecule has 2 atom stereocenters. The molecule has 2 unspecified atom stereocenters. The Morgan fingerprint density at radius 2 is 1.54 bits per heavy atom. The largest absolute Gasteiger partial charge is 0.480 e. The molecule has 12 heteroatoms. The lowest BCUT2D eigenvalue weighted by Gasteiger charge is -2.27. The summed E-state index contributed by atoms with van der Waals surface area (Å²) < 4.78 is 63.2. The Morgan fingerprint density at radius 1 is 0.949 bits per heavy atom. The number of aliphatic carboxylic acids is 1. The number of anilines is 1. The number of carbonyl (C=O) groups excluding carboxylic acids is 1. The molecule has 3 aromatic rings. The highest BCUT2D eigenvalue weighted by atomic mass is 79.9. The summed E-state index contributed by atoms with van der Waals surface area (Å²) in [6.45, 7) is 0.115. The van der Waals surface area contributed by atoms with Gasteiger partial charge in [-0.25, -0.2) is 9.00 Å². The van der Waals surface area contributed by atoms with E-state index >= 15 is 0 Å². The molecule has 0 bridgehead atoms. The Morgan fingerprint density at radius 3 is 2.10 bits per heavy atom. The summed E-state index contributed by atoms with van der Waals surface area (Å²) in [5, 5.41) is 12.3. The van der Waals surface area contributed by atoms with Gasteiger partial charge in [0.1, 0.15) is 6.04 Å². The van der Waals surface area contributed by atoms with Gasteiger partial charge in [0.05, 0.1) is 17.7 Å². The van der Waals surface area contributed by atoms with Gasteiger partial charge in [0.25, 0.3) is 11.3 Å². The number of carboxylic acid groups (broad SMARTS) is 1. The van der Waals surface area contributed by atoms with Gasteiger partial charge in [-0.2, -0.15) is 13.2 Å². The molecule has 208 valence electrons. The average molecular weight is 627 g/mol. The van der Waals surface area contributed by atoms with Gasteiger partial charge in [-0.15, -0.1) is 0 Å². The van der Waals surface area contributed by atoms with E-state index in [1.54, 1.807) is 24.3 Å². The number of carboxylic acids is 1. The first kappa shape index (κ1) is 30.3. The van der Waals surface area contributed by atoms with Crippen LogP contribution in [0.4, 0.5) is 18.9 Å². The predicted octanol–water partition coefficient (Wildman–Crippen LogP) is 6.06. The summed E-state index contributed by atoms with van der Waals surface area (Å²) in [4.78, 5) is 24.1. The highest BCUT2D eigenvalue weighted by molar-refractivity contribution is 9.10. The van der Waals surface area contributed by atoms with Crippen molar-refractivity contribution in [2.24, 2.45) is 0 Å². The lowest BCUT2D eigenvalue weighted by molar-refractivity contribution is -0.139. The number of hydrogen-bond acceptors (Lipinski definition) is 3. The van der Waals surface area contributed by atoms with Crippen molar-refractivity contribution in [3.8, 4) is 11.1 Å². The molecule has 0 aliphatic heterocycles. The Bertz CT molecular complexity index is 1300. The molecule has 3 rings (SSSR count). The van der Waals surface area contributed by atoms with Crippen molar-refractivity contribution in [1.82, 2.24) is 5.32 Å². The minimum Gasteiger partial charge on any atom is -0.480 e. The Balaban J connectivity index is 1.57. The highest BCUT2D eigenvalue weighted by Crippen LogP contribution is 2.32. The van der Waals surface area contributed by atoms with Crippen molar-refractivity contribution in [1.29, 1.82) is 0 Å². The van der Waals surface area contributed by atoms with Gasteiger partial charge in [0.2, 0.25) is 5.91 Å². The molecule has 1 amide bonds. The lowest BCUT2D eigenvalue weighted by Crippen LogP contribution is -2.42. The zero-order valence-corrected chi connectivity index (χ0v) is 22.9. The monoisotopic (exact) mass is 626 g/mol. The molecule has 0 aliphatic rings. The van der Waals surface area contributed by atoms with Gasteiger partial charge in [0.15, 0.2) is 0 Å². The van der Waals surface area contributed by atoms with Gasteiger partial charge in [-0.3, -0.25) is 13.7 Å². The number of nitrogens with one attached hydrogen (secondary N) is 1. The molecular formula is C27H26BrF3N2O5S. The van der Waals surface area contributed by atoms with E-state index in [9.17, 15) is 36.6 Å². The lowest BCUT2D eigenvalue weighted by atomic mass is 10.0. The second-order valence-electron chi connectivity index (χ2n) is 8.64. The minimum absolute atomic E-state index is 0.00285. The summed E-state index contributed by atoms with van der Waals surface area (Å²) in [6.07, 6.45) is -4.41. The number of amides is 1. The van der Waals surface area contributed by atoms with Crippen LogP contribution in [-0.2, 0) is 33.5 Å². The molecule has 0 aromatic heterocycles. The maximum Gasteiger partial charge on any atom is 0.416 e. The van der Waals surface area contributed by atoms with E-state index in [0.717, 1.165) is 26.0 Å². The van der Waals surface area contributed by atoms with Gasteiger partial charge in [0, 0.05) is 11.0 Å². The average Bonchev–Trinajstić information content (AvgIpc) is 2.88. The van der Waals surface area contributed by atoms with Crippen LogP contribution in [0, 0.1) is 0 Å². The Labute approximate surface area is 234 Å². The topological polar surface area (TPSA) is 107 Å². The standard InChI is InChI=1S/C27H26BrF3N2O5S/c28-21-12-8-18(9-13-21)19-10-14-22(15-11-19)33(39(37)38)24(26(35)36)7-3-4-16-32-25(34)17-20-5-1-2-6-23(20)27(29,30)31/h1-2,5-6,8-15,24H,3-4,7,16-17H2,(H,32,34)(H,35,36)(H,37,38). The SMILES string of the molecule is O=C(Cc1ccccc1C(F)(F)F)NCCCCC(C(=O)O)N(c1ccc(-c2ccc(Br)cc2)cc1)S(=O)O. The molecule has 3 N–H and O–H groups in total. The number of halogens is 4. The van der Waals surface area contributed by atoms with Crippen molar-refractivity contribution in [2.75, 3.05) is 10.8 Å². The van der Waals surface area contributed by atoms with Crippen LogP contribution in [0.3, 0.4) is 0 Å². The van der Waals surface area contributed by atoms with Crippen molar-refractivity contribution in [3.05, 3.63) is 88.4 Å². The van der Waals surface area contributed by atoms with Crippen molar-refractivity contribution in [2.45, 2.75) is 37.9 Å². The third-order valence-electron chi connectivity index (χ3n) is 5.94. The summed E-state index contributed by atoms with van der Waals surface area (Å²) in [5.74, 6) is -1.88. The normalized spacial score (nSPS) is 12.9. The number of nitrogens with zero attached hydrogens (tertiary/aromatic N) is 1. The number of alkyl halides is 3. The number of carbonyl (C=O) groups is 2. The van der Waals surface area contributed by atoms with Crippen molar-refractivity contribution in [3.63, 3.8) is 0 Å². The zero-order chi connectivity index (χ0) is 28.6. The number of unbranched alkanes of at least 4 members (excludes halogenated alkanes) is 1. The summed E-state index contributed by atoms with van der Waals surface area (Å²) in [6, 6.07) is 17.7. The van der Waals surface area contributed by atoms with E-state index in [4.69, 9.17) is 0 Å². The van der Waals surface area contributed by atoms with Crippen LogP contribution in [0.1, 0.15) is 30.4 Å². The van der Waals surface area contributed by atoms with Crippen LogP contribution < -0.4 is 9.62 Å². The fraction of sp³-hybridized carbons (Fsp3) is 0.259. The molecule has 0 saturated heterocycles. The van der Waals surface area contributed by atoms with Gasteiger partial charge < -0.3 is 10.4 Å². The molecule has 39 heavy (non-hydrogen) atoms. The van der Waals surface area contributed by atoms with Crippen molar-refractivity contribution >= 4 is 44.8 Å². The summed E-state index contributed by atoms with van der Waals surface area (Å²) in [5.41, 5.74) is 1.00. The van der Waals surface area contributed by atoms with Gasteiger partial charge in [-0.1, -0.05) is 58.4 Å². The quantitative estimate of drug-likeness (QED) is 0.167. The predicted molar refractivity (Wildman–Crippen MR) is 146 cm³/mol. The highest BCUT2D eigenvalue weighted by Gasteiger charge is 2.33. The van der Waals surface area contributed by atoms with Crippen molar-refractivity contribution < 1.29 is 36.6 Å². The molecule has 0 aliphatic carbocycles. The van der Waals surface area contributed by atoms with E-state index < -0.39 is 47.3 Å². The molecule has 3 aromatic carbocycles. The van der Waals surface area contributed by atoms with Gasteiger partial charge >= 0.3 is 12.1 Å². The van der Waals surface area contributed by atoms with Crippen LogP contribution in [0.25, 0.3) is 11.1 Å². The fourth-order valence-corrected chi connectivity index (χ4v) is 5.02. The maximum absolute atomic E-state index is 13.1. The molecular weight excluding hydrogens is 601 g/mol. The van der Waals surface area contributed by atoms with Crippen LogP contribution in [0.15, 0.2) is 77.3 Å². The van der Waals surface area contributed by atoms with E-state index in [0.29, 0.717) is 6.42 Å². The first-order valence-electron chi connectivity index (χ1n) is 11.9.